The minimum atomic E-state index is -0.345. The van der Waals surface area contributed by atoms with E-state index in [2.05, 4.69) is 0 Å². The fraction of sp³-hybridized carbons (Fsp3) is 0.600. The van der Waals surface area contributed by atoms with E-state index >= 15 is 0 Å². The fourth-order valence-electron chi connectivity index (χ4n) is 0.249. The topological polar surface area (TPSA) is 34.1 Å². The van der Waals surface area contributed by atoms with E-state index in [0.717, 1.165) is 0 Å². The minimum Gasteiger partial charge on any atom is -0.291 e. The van der Waals surface area contributed by atoms with E-state index in [-0.39, 0.29) is 44.3 Å². The smallest absolute Gasteiger partial charge is 0.291 e. The molecule has 0 rings (SSSR count). The standard InChI is InChI=1S/C5H8O2.Y/c1-3-5(7)4(2)6;/h3H2,1-2H3;/q;+3. The molecule has 0 saturated carbocycles. The summed E-state index contributed by atoms with van der Waals surface area (Å²) in [6, 6.07) is 0. The first-order chi connectivity index (χ1) is 3.18. The molecule has 0 unspecified atom stereocenters. The maximum atomic E-state index is 10.2. The number of hydrogen-bond acceptors (Lipinski definition) is 2. The third-order valence-electron chi connectivity index (χ3n) is 0.714. The number of carbonyl (C=O) groups is 2. The first-order valence-electron chi connectivity index (χ1n) is 2.22. The van der Waals surface area contributed by atoms with Crippen LogP contribution in [0.2, 0.25) is 0 Å². The summed E-state index contributed by atoms with van der Waals surface area (Å²) in [6.45, 7) is 2.95. The molecule has 0 saturated heterocycles. The van der Waals surface area contributed by atoms with Crippen molar-refractivity contribution in [2.75, 3.05) is 0 Å². The summed E-state index contributed by atoms with van der Waals surface area (Å²) < 4.78 is 0. The van der Waals surface area contributed by atoms with E-state index in [1.807, 2.05) is 0 Å². The van der Waals surface area contributed by atoms with Crippen molar-refractivity contribution in [3.05, 3.63) is 0 Å². The van der Waals surface area contributed by atoms with Gasteiger partial charge in [0.05, 0.1) is 0 Å². The molecular weight excluding hydrogens is 181 g/mol. The Morgan fingerprint density at radius 3 is 1.75 bits per heavy atom. The molecule has 0 aromatic heterocycles. The van der Waals surface area contributed by atoms with Crippen LogP contribution >= 0.6 is 0 Å². The molecule has 0 heterocycles. The molecule has 0 atom stereocenters. The summed E-state index contributed by atoms with van der Waals surface area (Å²) in [5.41, 5.74) is 0. The van der Waals surface area contributed by atoms with Gasteiger partial charge in [0, 0.05) is 13.3 Å². The van der Waals surface area contributed by atoms with Gasteiger partial charge >= 0.3 is 32.7 Å². The number of ketones is 2. The Hall–Kier alpha value is 0.444. The minimum absolute atomic E-state index is 0. The van der Waals surface area contributed by atoms with Crippen molar-refractivity contribution in [2.24, 2.45) is 0 Å². The van der Waals surface area contributed by atoms with Crippen molar-refractivity contribution in [3.8, 4) is 0 Å². The second-order valence-corrected chi connectivity index (χ2v) is 1.33. The van der Waals surface area contributed by atoms with Gasteiger partial charge in [-0.25, -0.2) is 0 Å². The van der Waals surface area contributed by atoms with Gasteiger partial charge in [-0.2, -0.15) is 0 Å². The van der Waals surface area contributed by atoms with Crippen LogP contribution in [0.25, 0.3) is 0 Å². The van der Waals surface area contributed by atoms with Crippen molar-refractivity contribution in [2.45, 2.75) is 20.3 Å². The number of carbonyl (C=O) groups excluding carboxylic acids is 2. The molecule has 0 fully saturated rings. The van der Waals surface area contributed by atoms with Crippen LogP contribution in [0.3, 0.4) is 0 Å². The summed E-state index contributed by atoms with van der Waals surface area (Å²) in [5.74, 6) is -0.637. The number of rotatable bonds is 2. The van der Waals surface area contributed by atoms with Crippen LogP contribution in [0.1, 0.15) is 20.3 Å². The first-order valence-corrected chi connectivity index (χ1v) is 2.22. The Morgan fingerprint density at radius 2 is 1.75 bits per heavy atom. The van der Waals surface area contributed by atoms with Gasteiger partial charge in [-0.1, -0.05) is 6.92 Å². The molecule has 8 heavy (non-hydrogen) atoms. The van der Waals surface area contributed by atoms with Crippen LogP contribution in [0, 0.1) is 0 Å². The first kappa shape index (κ1) is 11.3. The van der Waals surface area contributed by atoms with Crippen LogP contribution in [-0.4, -0.2) is 11.6 Å². The van der Waals surface area contributed by atoms with E-state index in [0.29, 0.717) is 6.42 Å². The summed E-state index contributed by atoms with van der Waals surface area (Å²) in [5, 5.41) is 0. The molecule has 2 nitrogen and oxygen atoms in total. The van der Waals surface area contributed by atoms with Crippen LogP contribution in [0.5, 0.6) is 0 Å². The average molecular weight is 189 g/mol. The number of hydrogen-bond donors (Lipinski definition) is 0. The normalized spacial score (nSPS) is 7.25. The van der Waals surface area contributed by atoms with Crippen LogP contribution in [-0.2, 0) is 42.3 Å². The zero-order chi connectivity index (χ0) is 5.86. The molecule has 0 aliphatic carbocycles. The van der Waals surface area contributed by atoms with Crippen LogP contribution in [0.4, 0.5) is 0 Å². The third kappa shape index (κ3) is 4.60. The molecule has 40 valence electrons. The van der Waals surface area contributed by atoms with Gasteiger partial charge < -0.3 is 0 Å². The molecular formula is C5H8O2Y+3. The van der Waals surface area contributed by atoms with E-state index < -0.39 is 0 Å². The largest absolute Gasteiger partial charge is 3.00 e. The zero-order valence-electron chi connectivity index (χ0n) is 5.10. The van der Waals surface area contributed by atoms with Crippen molar-refractivity contribution in [1.29, 1.82) is 0 Å². The van der Waals surface area contributed by atoms with Crippen molar-refractivity contribution in [3.63, 3.8) is 0 Å². The van der Waals surface area contributed by atoms with Crippen molar-refractivity contribution < 1.29 is 42.3 Å². The molecule has 3 heteroatoms. The molecule has 0 aliphatic rings. The maximum Gasteiger partial charge on any atom is 3.00 e. The molecule has 0 aromatic rings. The van der Waals surface area contributed by atoms with E-state index in [1.54, 1.807) is 6.92 Å². The third-order valence-corrected chi connectivity index (χ3v) is 0.714. The average Bonchev–Trinajstić information content (AvgIpc) is 1.65. The van der Waals surface area contributed by atoms with Gasteiger partial charge in [0.1, 0.15) is 0 Å². The predicted octanol–water partition coefficient (Wildman–Crippen LogP) is 0.552. The van der Waals surface area contributed by atoms with Gasteiger partial charge in [0.2, 0.25) is 0 Å². The van der Waals surface area contributed by atoms with Crippen LogP contribution in [0.15, 0.2) is 0 Å². The second-order valence-electron chi connectivity index (χ2n) is 1.33. The van der Waals surface area contributed by atoms with Gasteiger partial charge in [-0.15, -0.1) is 0 Å². The van der Waals surface area contributed by atoms with Gasteiger partial charge in [0.25, 0.3) is 0 Å². The SMILES string of the molecule is CCC(=O)C(C)=O.[Y+3]. The molecule has 0 N–H and O–H groups in total. The van der Waals surface area contributed by atoms with Crippen molar-refractivity contribution >= 4 is 11.6 Å². The Balaban J connectivity index is 0. The summed E-state index contributed by atoms with van der Waals surface area (Å²) in [6.07, 6.45) is 0.329. The van der Waals surface area contributed by atoms with Crippen LogP contribution < -0.4 is 0 Å². The van der Waals surface area contributed by atoms with E-state index in [4.69, 9.17) is 0 Å². The van der Waals surface area contributed by atoms with Gasteiger partial charge in [-0.3, -0.25) is 9.59 Å². The van der Waals surface area contributed by atoms with Gasteiger partial charge in [0.15, 0.2) is 11.6 Å². The quantitative estimate of drug-likeness (QED) is 0.594. The Bertz CT molecular complexity index is 98.6. The van der Waals surface area contributed by atoms with Gasteiger partial charge in [-0.05, 0) is 0 Å². The molecule has 0 radical (unpaired) electrons. The Kier molecular flexibility index (Phi) is 7.86. The molecule has 0 amide bonds. The summed E-state index contributed by atoms with van der Waals surface area (Å²) in [7, 11) is 0. The maximum absolute atomic E-state index is 10.2. The zero-order valence-corrected chi connectivity index (χ0v) is 7.94. The number of Topliss-reactive ketones (excluding diaryl/α,β-unsaturated/α-hetero) is 2. The predicted molar refractivity (Wildman–Crippen MR) is 26.0 cm³/mol. The van der Waals surface area contributed by atoms with E-state index in [1.165, 1.54) is 6.92 Å². The molecule has 0 bridgehead atoms. The van der Waals surface area contributed by atoms with Crippen molar-refractivity contribution in [1.82, 2.24) is 0 Å². The molecule has 0 aliphatic heterocycles. The fourth-order valence-corrected chi connectivity index (χ4v) is 0.249. The second kappa shape index (κ2) is 5.58. The molecule has 0 aromatic carbocycles. The molecule has 0 spiro atoms. The Morgan fingerprint density at radius 1 is 1.38 bits per heavy atom. The summed E-state index contributed by atoms with van der Waals surface area (Å²) in [4.78, 5) is 20.2. The summed E-state index contributed by atoms with van der Waals surface area (Å²) >= 11 is 0. The Labute approximate surface area is 73.9 Å². The van der Waals surface area contributed by atoms with E-state index in [9.17, 15) is 9.59 Å². The monoisotopic (exact) mass is 189 g/mol.